The zero-order valence-corrected chi connectivity index (χ0v) is 9.71. The Morgan fingerprint density at radius 2 is 1.94 bits per heavy atom. The fraction of sp³-hybridized carbons (Fsp3) is 0.538. The second-order valence-electron chi connectivity index (χ2n) is 4.30. The average Bonchev–Trinajstić information content (AvgIpc) is 2.28. The van der Waals surface area contributed by atoms with Gasteiger partial charge in [-0.25, -0.2) is 8.78 Å². The van der Waals surface area contributed by atoms with Crippen LogP contribution in [0.3, 0.4) is 0 Å². The van der Waals surface area contributed by atoms with Gasteiger partial charge in [-0.2, -0.15) is 0 Å². The first-order valence-corrected chi connectivity index (χ1v) is 5.62. The van der Waals surface area contributed by atoms with E-state index in [9.17, 15) is 8.78 Å². The summed E-state index contributed by atoms with van der Waals surface area (Å²) in [4.78, 5) is 0. The first-order chi connectivity index (χ1) is 7.56. The number of aliphatic hydroxyl groups is 1. The summed E-state index contributed by atoms with van der Waals surface area (Å²) in [7, 11) is 0. The molecule has 1 rings (SSSR count). The molecule has 0 heterocycles. The number of benzene rings is 1. The van der Waals surface area contributed by atoms with E-state index < -0.39 is 5.82 Å². The van der Waals surface area contributed by atoms with E-state index in [1.54, 1.807) is 0 Å². The molecule has 0 bridgehead atoms. The van der Waals surface area contributed by atoms with Crippen LogP contribution in [0.4, 0.5) is 8.78 Å². The lowest BCUT2D eigenvalue weighted by molar-refractivity contribution is 0.268. The van der Waals surface area contributed by atoms with Gasteiger partial charge >= 0.3 is 0 Å². The van der Waals surface area contributed by atoms with Crippen molar-refractivity contribution in [3.8, 4) is 0 Å². The quantitative estimate of drug-likeness (QED) is 0.818. The van der Waals surface area contributed by atoms with Crippen molar-refractivity contribution >= 4 is 0 Å². The highest BCUT2D eigenvalue weighted by Gasteiger charge is 2.18. The normalized spacial score (nSPS) is 14.8. The van der Waals surface area contributed by atoms with Crippen LogP contribution in [0.2, 0.25) is 0 Å². The second-order valence-corrected chi connectivity index (χ2v) is 4.30. The summed E-state index contributed by atoms with van der Waals surface area (Å²) in [5.41, 5.74) is 0.422. The zero-order chi connectivity index (χ0) is 12.1. The maximum atomic E-state index is 13.5. The lowest BCUT2D eigenvalue weighted by Crippen LogP contribution is -2.09. The lowest BCUT2D eigenvalue weighted by Gasteiger charge is -2.20. The van der Waals surface area contributed by atoms with Gasteiger partial charge in [-0.1, -0.05) is 13.8 Å². The van der Waals surface area contributed by atoms with Crippen LogP contribution < -0.4 is 0 Å². The molecule has 0 radical (unpaired) electrons. The Morgan fingerprint density at radius 1 is 1.25 bits per heavy atom. The minimum Gasteiger partial charge on any atom is -0.396 e. The standard InChI is InChI=1S/C13H18F2O/c1-9(4-3-7-16)10(2)12-8-11(14)5-6-13(12)15/h5-6,8-10,16H,3-4,7H2,1-2H3. The van der Waals surface area contributed by atoms with Gasteiger partial charge in [0, 0.05) is 6.61 Å². The third-order valence-electron chi connectivity index (χ3n) is 3.12. The summed E-state index contributed by atoms with van der Waals surface area (Å²) in [5, 5.41) is 8.73. The van der Waals surface area contributed by atoms with Crippen molar-refractivity contribution in [2.45, 2.75) is 32.6 Å². The van der Waals surface area contributed by atoms with E-state index in [1.807, 2.05) is 13.8 Å². The lowest BCUT2D eigenvalue weighted by atomic mass is 9.86. The van der Waals surface area contributed by atoms with Crippen LogP contribution in [0.1, 0.15) is 38.2 Å². The number of rotatable bonds is 5. The van der Waals surface area contributed by atoms with Crippen molar-refractivity contribution in [3.05, 3.63) is 35.4 Å². The summed E-state index contributed by atoms with van der Waals surface area (Å²) in [5.74, 6) is -0.576. The van der Waals surface area contributed by atoms with Crippen LogP contribution in [0.5, 0.6) is 0 Å². The maximum absolute atomic E-state index is 13.5. The molecule has 2 unspecified atom stereocenters. The van der Waals surface area contributed by atoms with Crippen molar-refractivity contribution in [3.63, 3.8) is 0 Å². The molecule has 0 spiro atoms. The fourth-order valence-corrected chi connectivity index (χ4v) is 1.83. The second kappa shape index (κ2) is 5.94. The monoisotopic (exact) mass is 228 g/mol. The molecule has 0 fully saturated rings. The van der Waals surface area contributed by atoms with E-state index in [4.69, 9.17) is 5.11 Å². The predicted octanol–water partition coefficient (Wildman–Crippen LogP) is 3.48. The Balaban J connectivity index is 2.78. The fourth-order valence-electron chi connectivity index (χ4n) is 1.83. The molecule has 0 aliphatic heterocycles. The highest BCUT2D eigenvalue weighted by atomic mass is 19.1. The molecule has 0 saturated carbocycles. The first-order valence-electron chi connectivity index (χ1n) is 5.62. The van der Waals surface area contributed by atoms with Crippen molar-refractivity contribution in [2.75, 3.05) is 6.61 Å². The first kappa shape index (κ1) is 13.1. The van der Waals surface area contributed by atoms with E-state index in [-0.39, 0.29) is 24.3 Å². The molecule has 90 valence electrons. The molecule has 16 heavy (non-hydrogen) atoms. The van der Waals surface area contributed by atoms with Crippen LogP contribution in [-0.4, -0.2) is 11.7 Å². The molecule has 3 heteroatoms. The van der Waals surface area contributed by atoms with Crippen LogP contribution in [0.15, 0.2) is 18.2 Å². The summed E-state index contributed by atoms with van der Waals surface area (Å²) < 4.78 is 26.5. The molecule has 1 nitrogen and oxygen atoms in total. The van der Waals surface area contributed by atoms with Gasteiger partial charge < -0.3 is 5.11 Å². The largest absolute Gasteiger partial charge is 0.396 e. The zero-order valence-electron chi connectivity index (χ0n) is 9.71. The molecule has 2 atom stereocenters. The minimum absolute atomic E-state index is 0.0396. The number of hydrogen-bond acceptors (Lipinski definition) is 1. The summed E-state index contributed by atoms with van der Waals surface area (Å²) >= 11 is 0. The molecule has 0 saturated heterocycles. The van der Waals surface area contributed by atoms with Crippen molar-refractivity contribution < 1.29 is 13.9 Å². The molecule has 1 aromatic rings. The average molecular weight is 228 g/mol. The molecule has 0 aliphatic rings. The van der Waals surface area contributed by atoms with E-state index in [0.29, 0.717) is 12.0 Å². The smallest absolute Gasteiger partial charge is 0.126 e. The minimum atomic E-state index is -0.405. The van der Waals surface area contributed by atoms with Gasteiger partial charge in [0.15, 0.2) is 0 Å². The van der Waals surface area contributed by atoms with Crippen LogP contribution >= 0.6 is 0 Å². The highest BCUT2D eigenvalue weighted by Crippen LogP contribution is 2.29. The third kappa shape index (κ3) is 3.27. The van der Waals surface area contributed by atoms with Crippen molar-refractivity contribution in [1.29, 1.82) is 0 Å². The van der Waals surface area contributed by atoms with Crippen molar-refractivity contribution in [1.82, 2.24) is 0 Å². The SMILES string of the molecule is CC(CCCO)C(C)c1cc(F)ccc1F. The molecule has 1 N–H and O–H groups in total. The van der Waals surface area contributed by atoms with Gasteiger partial charge in [0.2, 0.25) is 0 Å². The predicted molar refractivity (Wildman–Crippen MR) is 60.3 cm³/mol. The summed E-state index contributed by atoms with van der Waals surface area (Å²) in [6.45, 7) is 4.02. The number of aliphatic hydroxyl groups excluding tert-OH is 1. The van der Waals surface area contributed by atoms with Gasteiger partial charge in [0.1, 0.15) is 11.6 Å². The number of hydrogen-bond donors (Lipinski definition) is 1. The number of halogens is 2. The molecule has 0 aromatic heterocycles. The van der Waals surface area contributed by atoms with E-state index in [1.165, 1.54) is 12.1 Å². The summed E-state index contributed by atoms with van der Waals surface area (Å²) in [6.07, 6.45) is 1.51. The van der Waals surface area contributed by atoms with Gasteiger partial charge in [-0.05, 0) is 48.4 Å². The van der Waals surface area contributed by atoms with E-state index in [0.717, 1.165) is 12.5 Å². The van der Waals surface area contributed by atoms with Gasteiger partial charge in [-0.15, -0.1) is 0 Å². The molecule has 1 aromatic carbocycles. The van der Waals surface area contributed by atoms with Gasteiger partial charge in [0.25, 0.3) is 0 Å². The van der Waals surface area contributed by atoms with Crippen molar-refractivity contribution in [2.24, 2.45) is 5.92 Å². The molecule has 0 aliphatic carbocycles. The Morgan fingerprint density at radius 3 is 2.56 bits per heavy atom. The van der Waals surface area contributed by atoms with E-state index >= 15 is 0 Å². The molecular weight excluding hydrogens is 210 g/mol. The van der Waals surface area contributed by atoms with Gasteiger partial charge in [0.05, 0.1) is 0 Å². The van der Waals surface area contributed by atoms with E-state index in [2.05, 4.69) is 0 Å². The van der Waals surface area contributed by atoms with Crippen LogP contribution in [-0.2, 0) is 0 Å². The van der Waals surface area contributed by atoms with Crippen LogP contribution in [0, 0.1) is 17.6 Å². The Kier molecular flexibility index (Phi) is 4.87. The Bertz CT molecular complexity index is 339. The Hall–Kier alpha value is -0.960. The van der Waals surface area contributed by atoms with Crippen LogP contribution in [0.25, 0.3) is 0 Å². The Labute approximate surface area is 95.1 Å². The third-order valence-corrected chi connectivity index (χ3v) is 3.12. The topological polar surface area (TPSA) is 20.2 Å². The maximum Gasteiger partial charge on any atom is 0.126 e. The molecule has 0 amide bonds. The molecular formula is C13H18F2O. The van der Waals surface area contributed by atoms with Gasteiger partial charge in [-0.3, -0.25) is 0 Å². The summed E-state index contributed by atoms with van der Waals surface area (Å²) in [6, 6.07) is 3.55. The highest BCUT2D eigenvalue weighted by molar-refractivity contribution is 5.22.